The Kier molecular flexibility index (Phi) is 5.92. The second-order valence-electron chi connectivity index (χ2n) is 5.74. The number of benzene rings is 1. The second-order valence-corrected chi connectivity index (χ2v) is 6.51. The summed E-state index contributed by atoms with van der Waals surface area (Å²) in [4.78, 5) is 25.0. The summed E-state index contributed by atoms with van der Waals surface area (Å²) in [7, 11) is 0. The van der Waals surface area contributed by atoms with E-state index in [-0.39, 0.29) is 5.82 Å². The van der Waals surface area contributed by atoms with Crippen LogP contribution in [0.2, 0.25) is 0 Å². The first-order chi connectivity index (χ1) is 12.6. The molecule has 1 aliphatic heterocycles. The van der Waals surface area contributed by atoms with E-state index in [0.29, 0.717) is 55.0 Å². The summed E-state index contributed by atoms with van der Waals surface area (Å²) in [5, 5.41) is 0.601. The van der Waals surface area contributed by atoms with E-state index in [1.54, 1.807) is 19.1 Å². The molecule has 3 rings (SSSR count). The molecule has 8 heteroatoms. The van der Waals surface area contributed by atoms with Gasteiger partial charge in [0.05, 0.1) is 12.3 Å². The van der Waals surface area contributed by atoms with E-state index < -0.39 is 5.97 Å². The number of esters is 1. The van der Waals surface area contributed by atoms with Crippen molar-refractivity contribution in [2.45, 2.75) is 12.1 Å². The fraction of sp³-hybridized carbons (Fsp3) is 0.389. The van der Waals surface area contributed by atoms with Gasteiger partial charge in [-0.2, -0.15) is 0 Å². The third-order valence-corrected chi connectivity index (χ3v) is 4.76. The van der Waals surface area contributed by atoms with Gasteiger partial charge in [0.1, 0.15) is 17.2 Å². The van der Waals surface area contributed by atoms with Crippen molar-refractivity contribution in [2.24, 2.45) is 0 Å². The molecular weight excluding hydrogens is 355 g/mol. The van der Waals surface area contributed by atoms with Gasteiger partial charge in [-0.3, -0.25) is 0 Å². The number of aromatic nitrogens is 2. The molecule has 0 radical (unpaired) electrons. The number of rotatable bonds is 5. The van der Waals surface area contributed by atoms with Gasteiger partial charge in [-0.15, -0.1) is 0 Å². The number of carbonyl (C=O) groups is 1. The number of thioether (sulfide) groups is 1. The maximum absolute atomic E-state index is 14.0. The Morgan fingerprint density at radius 3 is 2.58 bits per heavy atom. The zero-order valence-electron chi connectivity index (χ0n) is 14.8. The Hall–Kier alpha value is -2.35. The lowest BCUT2D eigenvalue weighted by atomic mass is 10.2. The van der Waals surface area contributed by atoms with Crippen LogP contribution in [-0.4, -0.2) is 55.0 Å². The predicted octanol–water partition coefficient (Wildman–Crippen LogP) is 2.84. The summed E-state index contributed by atoms with van der Waals surface area (Å²) in [6.07, 6.45) is 3.41. The zero-order chi connectivity index (χ0) is 18.5. The fourth-order valence-electron chi connectivity index (χ4n) is 2.92. The molecule has 26 heavy (non-hydrogen) atoms. The average molecular weight is 376 g/mol. The van der Waals surface area contributed by atoms with Gasteiger partial charge in [0.15, 0.2) is 5.16 Å². The van der Waals surface area contributed by atoms with Crippen molar-refractivity contribution in [1.82, 2.24) is 9.97 Å². The second kappa shape index (κ2) is 8.35. The van der Waals surface area contributed by atoms with Crippen molar-refractivity contribution in [3.05, 3.63) is 41.8 Å². The molecule has 0 amide bonds. The third kappa shape index (κ3) is 3.90. The van der Waals surface area contributed by atoms with E-state index in [2.05, 4.69) is 9.97 Å². The van der Waals surface area contributed by atoms with Crippen LogP contribution in [0.1, 0.15) is 17.3 Å². The molecule has 138 valence electrons. The number of anilines is 2. The molecule has 2 heterocycles. The van der Waals surface area contributed by atoms with Gasteiger partial charge in [-0.05, 0) is 25.3 Å². The first kappa shape index (κ1) is 18.4. The quantitative estimate of drug-likeness (QED) is 0.452. The average Bonchev–Trinajstić information content (AvgIpc) is 2.68. The van der Waals surface area contributed by atoms with Gasteiger partial charge >= 0.3 is 5.97 Å². The Bertz CT molecular complexity index is 782. The standard InChI is InChI=1S/C18H21FN4O2S/c1-3-25-17(24)13-12-20-18(26-2)21-16(13)23-10-8-22(9-11-23)15-7-5-4-6-14(15)19/h4-7,12H,3,8-11H2,1-2H3. The van der Waals surface area contributed by atoms with Crippen LogP contribution in [0.25, 0.3) is 0 Å². The minimum absolute atomic E-state index is 0.222. The van der Waals surface area contributed by atoms with E-state index in [9.17, 15) is 9.18 Å². The Morgan fingerprint density at radius 1 is 1.23 bits per heavy atom. The van der Waals surface area contributed by atoms with Gasteiger partial charge in [-0.1, -0.05) is 23.9 Å². The number of halogens is 1. The highest BCUT2D eigenvalue weighted by atomic mass is 32.2. The maximum atomic E-state index is 14.0. The van der Waals surface area contributed by atoms with Crippen molar-refractivity contribution in [3.8, 4) is 0 Å². The SMILES string of the molecule is CCOC(=O)c1cnc(SC)nc1N1CCN(c2ccccc2F)CC1. The summed E-state index contributed by atoms with van der Waals surface area (Å²) in [5.74, 6) is -0.0671. The highest BCUT2D eigenvalue weighted by Crippen LogP contribution is 2.25. The van der Waals surface area contributed by atoms with Crippen molar-refractivity contribution >= 4 is 29.2 Å². The largest absolute Gasteiger partial charge is 0.462 e. The monoisotopic (exact) mass is 376 g/mol. The normalized spacial score (nSPS) is 14.4. The Morgan fingerprint density at radius 2 is 1.92 bits per heavy atom. The van der Waals surface area contributed by atoms with Gasteiger partial charge in [0.2, 0.25) is 0 Å². The molecule has 2 aromatic rings. The maximum Gasteiger partial charge on any atom is 0.343 e. The van der Waals surface area contributed by atoms with Crippen LogP contribution in [0.3, 0.4) is 0 Å². The van der Waals surface area contributed by atoms with Crippen molar-refractivity contribution in [3.63, 3.8) is 0 Å². The number of hydrogen-bond acceptors (Lipinski definition) is 7. The molecule has 0 atom stereocenters. The first-order valence-corrected chi connectivity index (χ1v) is 9.69. The molecule has 1 aromatic carbocycles. The van der Waals surface area contributed by atoms with E-state index >= 15 is 0 Å². The van der Waals surface area contributed by atoms with E-state index in [1.165, 1.54) is 24.0 Å². The number of hydrogen-bond donors (Lipinski definition) is 0. The molecular formula is C18H21FN4O2S. The molecule has 0 saturated carbocycles. The first-order valence-electron chi connectivity index (χ1n) is 8.46. The smallest absolute Gasteiger partial charge is 0.343 e. The topological polar surface area (TPSA) is 58.6 Å². The lowest BCUT2D eigenvalue weighted by Crippen LogP contribution is -2.47. The summed E-state index contributed by atoms with van der Waals surface area (Å²) < 4.78 is 19.1. The summed E-state index contributed by atoms with van der Waals surface area (Å²) >= 11 is 1.42. The van der Waals surface area contributed by atoms with Crippen molar-refractivity contribution in [1.29, 1.82) is 0 Å². The van der Waals surface area contributed by atoms with Gasteiger partial charge in [-0.25, -0.2) is 19.2 Å². The summed E-state index contributed by atoms with van der Waals surface area (Å²) in [6.45, 7) is 4.60. The minimum Gasteiger partial charge on any atom is -0.462 e. The Labute approximate surface area is 156 Å². The number of nitrogens with zero attached hydrogens (tertiary/aromatic N) is 4. The minimum atomic E-state index is -0.424. The summed E-state index contributed by atoms with van der Waals surface area (Å²) in [6, 6.07) is 6.77. The van der Waals surface area contributed by atoms with Crippen LogP contribution in [0.4, 0.5) is 15.9 Å². The molecule has 0 N–H and O–H groups in total. The zero-order valence-corrected chi connectivity index (χ0v) is 15.6. The van der Waals surface area contributed by atoms with E-state index in [4.69, 9.17) is 4.74 Å². The number of ether oxygens (including phenoxy) is 1. The van der Waals surface area contributed by atoms with Gasteiger partial charge in [0, 0.05) is 32.4 Å². The van der Waals surface area contributed by atoms with Crippen LogP contribution in [0.5, 0.6) is 0 Å². The summed E-state index contributed by atoms with van der Waals surface area (Å²) in [5.41, 5.74) is 0.967. The molecule has 1 aromatic heterocycles. The van der Waals surface area contributed by atoms with Crippen molar-refractivity contribution < 1.29 is 13.9 Å². The number of carbonyl (C=O) groups excluding carboxylic acids is 1. The number of para-hydroxylation sites is 1. The van der Waals surface area contributed by atoms with E-state index in [1.807, 2.05) is 22.1 Å². The van der Waals surface area contributed by atoms with Crippen LogP contribution in [0, 0.1) is 5.82 Å². The molecule has 1 fully saturated rings. The van der Waals surface area contributed by atoms with Crippen LogP contribution >= 0.6 is 11.8 Å². The Balaban J connectivity index is 1.80. The van der Waals surface area contributed by atoms with Gasteiger partial charge < -0.3 is 14.5 Å². The molecule has 0 unspecified atom stereocenters. The third-order valence-electron chi connectivity index (χ3n) is 4.20. The van der Waals surface area contributed by atoms with Crippen molar-refractivity contribution in [2.75, 3.05) is 48.8 Å². The molecule has 0 spiro atoms. The molecule has 0 aliphatic carbocycles. The molecule has 1 saturated heterocycles. The van der Waals surface area contributed by atoms with Crippen LogP contribution < -0.4 is 9.80 Å². The predicted molar refractivity (Wildman–Crippen MR) is 101 cm³/mol. The number of piperazine rings is 1. The molecule has 0 bridgehead atoms. The highest BCUT2D eigenvalue weighted by molar-refractivity contribution is 7.98. The van der Waals surface area contributed by atoms with E-state index in [0.717, 1.165) is 0 Å². The molecule has 1 aliphatic rings. The lowest BCUT2D eigenvalue weighted by molar-refractivity contribution is 0.0526. The molecule has 6 nitrogen and oxygen atoms in total. The van der Waals surface area contributed by atoms with Crippen LogP contribution in [-0.2, 0) is 4.74 Å². The van der Waals surface area contributed by atoms with Gasteiger partial charge in [0.25, 0.3) is 0 Å². The van der Waals surface area contributed by atoms with Crippen LogP contribution in [0.15, 0.2) is 35.6 Å². The fourth-order valence-corrected chi connectivity index (χ4v) is 3.25. The lowest BCUT2D eigenvalue weighted by Gasteiger charge is -2.37. The highest BCUT2D eigenvalue weighted by Gasteiger charge is 2.25.